The van der Waals surface area contributed by atoms with E-state index in [4.69, 9.17) is 0 Å². The molecule has 0 radical (unpaired) electrons. The van der Waals surface area contributed by atoms with Crippen LogP contribution < -0.4 is 17.0 Å². The van der Waals surface area contributed by atoms with Gasteiger partial charge in [-0.15, -0.1) is 0 Å². The van der Waals surface area contributed by atoms with Gasteiger partial charge in [0.05, 0.1) is 20.6 Å². The number of hydrogen-bond acceptors (Lipinski definition) is 1. The lowest BCUT2D eigenvalue weighted by Gasteiger charge is -2.34. The fraction of sp³-hybridized carbons (Fsp3) is 1.00. The van der Waals surface area contributed by atoms with Crippen molar-refractivity contribution in [2.45, 2.75) is 116 Å². The highest BCUT2D eigenvalue weighted by molar-refractivity contribution is 4.50. The van der Waals surface area contributed by atoms with E-state index in [9.17, 15) is 5.11 Å². The minimum absolute atomic E-state index is 0. The first-order chi connectivity index (χ1) is 11.0. The average molecular weight is 409 g/mol. The monoisotopic (exact) mass is 407 g/mol. The number of halogens is 1. The van der Waals surface area contributed by atoms with Gasteiger partial charge in [-0.2, -0.15) is 0 Å². The molecule has 0 aromatic rings. The van der Waals surface area contributed by atoms with Gasteiger partial charge in [0.2, 0.25) is 0 Å². The minimum Gasteiger partial charge on any atom is -1.00 e. The molecular formula is C21H46BrNO. The first-order valence-electron chi connectivity index (χ1n) is 10.5. The van der Waals surface area contributed by atoms with E-state index in [0.717, 1.165) is 17.4 Å². The normalized spacial score (nSPS) is 12.9. The number of aliphatic hydroxyl groups excluding tert-OH is 1. The van der Waals surface area contributed by atoms with Crippen LogP contribution in [-0.4, -0.2) is 36.5 Å². The zero-order valence-corrected chi connectivity index (χ0v) is 18.7. The van der Waals surface area contributed by atoms with Crippen LogP contribution in [0.4, 0.5) is 0 Å². The largest absolute Gasteiger partial charge is 1.00 e. The molecule has 1 atom stereocenters. The predicted molar refractivity (Wildman–Crippen MR) is 104 cm³/mol. The van der Waals surface area contributed by atoms with Crippen LogP contribution in [0.15, 0.2) is 0 Å². The molecule has 1 N–H and O–H groups in total. The first-order valence-corrected chi connectivity index (χ1v) is 10.5. The Morgan fingerprint density at radius 2 is 0.958 bits per heavy atom. The molecule has 0 saturated heterocycles. The smallest absolute Gasteiger partial charge is 0.189 e. The van der Waals surface area contributed by atoms with Crippen molar-refractivity contribution < 1.29 is 26.6 Å². The predicted octanol–water partition coefficient (Wildman–Crippen LogP) is 3.28. The molecular weight excluding hydrogens is 362 g/mol. The van der Waals surface area contributed by atoms with Crippen molar-refractivity contribution in [3.63, 3.8) is 0 Å². The number of rotatable bonds is 17. The summed E-state index contributed by atoms with van der Waals surface area (Å²) in [4.78, 5) is 0. The van der Waals surface area contributed by atoms with Gasteiger partial charge in [-0.1, -0.05) is 90.9 Å². The van der Waals surface area contributed by atoms with Gasteiger partial charge in [-0.3, -0.25) is 0 Å². The van der Waals surface area contributed by atoms with E-state index < -0.39 is 0 Å². The fourth-order valence-electron chi connectivity index (χ4n) is 3.36. The van der Waals surface area contributed by atoms with Crippen LogP contribution in [0.25, 0.3) is 0 Å². The molecule has 24 heavy (non-hydrogen) atoms. The third-order valence-corrected chi connectivity index (χ3v) is 5.26. The van der Waals surface area contributed by atoms with E-state index in [1.165, 1.54) is 89.9 Å². The second-order valence-corrected chi connectivity index (χ2v) is 7.99. The standard InChI is InChI=1S/C21H46NO.BrH/c1-5-7-8-9-10-11-12-13-14-15-16-17-18-19-20-22(3,4)21(23)6-2;/h21,23H,5-20H2,1-4H3;1H/q+1;/p-1. The summed E-state index contributed by atoms with van der Waals surface area (Å²) in [6.45, 7) is 5.46. The molecule has 148 valence electrons. The Kier molecular flexibility index (Phi) is 20.2. The molecule has 3 heteroatoms. The van der Waals surface area contributed by atoms with Crippen LogP contribution in [0.1, 0.15) is 110 Å². The van der Waals surface area contributed by atoms with Gasteiger partial charge in [-0.25, -0.2) is 0 Å². The highest BCUT2D eigenvalue weighted by atomic mass is 79.9. The van der Waals surface area contributed by atoms with E-state index >= 15 is 0 Å². The van der Waals surface area contributed by atoms with Gasteiger partial charge < -0.3 is 26.6 Å². The lowest BCUT2D eigenvalue weighted by molar-refractivity contribution is -0.937. The summed E-state index contributed by atoms with van der Waals surface area (Å²) in [5.41, 5.74) is 0. The third kappa shape index (κ3) is 15.9. The average Bonchev–Trinajstić information content (AvgIpc) is 2.54. The van der Waals surface area contributed by atoms with Crippen LogP contribution >= 0.6 is 0 Å². The fourth-order valence-corrected chi connectivity index (χ4v) is 3.36. The molecule has 0 aromatic heterocycles. The SMILES string of the molecule is CCCCCCCCCCCCCCCC[N+](C)(C)C(O)CC.[Br-]. The summed E-state index contributed by atoms with van der Waals surface area (Å²) >= 11 is 0. The maximum atomic E-state index is 9.96. The molecule has 0 bridgehead atoms. The molecule has 0 fully saturated rings. The number of unbranched alkanes of at least 4 members (excludes halogenated alkanes) is 13. The Morgan fingerprint density at radius 3 is 1.29 bits per heavy atom. The van der Waals surface area contributed by atoms with E-state index in [0.29, 0.717) is 0 Å². The van der Waals surface area contributed by atoms with Crippen LogP contribution in [0, 0.1) is 0 Å². The second kappa shape index (κ2) is 18.2. The van der Waals surface area contributed by atoms with Gasteiger partial charge >= 0.3 is 0 Å². The quantitative estimate of drug-likeness (QED) is 0.223. The zero-order chi connectivity index (χ0) is 17.4. The molecule has 1 unspecified atom stereocenters. The van der Waals surface area contributed by atoms with Gasteiger partial charge in [-0.05, 0) is 12.8 Å². The summed E-state index contributed by atoms with van der Waals surface area (Å²) in [5.74, 6) is 0. The molecule has 0 aliphatic heterocycles. The number of quaternary nitrogens is 1. The van der Waals surface area contributed by atoms with E-state index in [1.807, 2.05) is 0 Å². The molecule has 0 aromatic carbocycles. The van der Waals surface area contributed by atoms with Crippen LogP contribution in [-0.2, 0) is 0 Å². The Balaban J connectivity index is 0. The van der Waals surface area contributed by atoms with Crippen molar-refractivity contribution in [1.82, 2.24) is 0 Å². The van der Waals surface area contributed by atoms with E-state index in [1.54, 1.807) is 0 Å². The van der Waals surface area contributed by atoms with Gasteiger partial charge in [0, 0.05) is 6.42 Å². The van der Waals surface area contributed by atoms with Gasteiger partial charge in [0.1, 0.15) is 0 Å². The maximum Gasteiger partial charge on any atom is 0.189 e. The van der Waals surface area contributed by atoms with Crippen molar-refractivity contribution in [1.29, 1.82) is 0 Å². The minimum atomic E-state index is -0.197. The summed E-state index contributed by atoms with van der Waals surface area (Å²) in [6, 6.07) is 0. The van der Waals surface area contributed by atoms with Gasteiger partial charge in [0.15, 0.2) is 6.23 Å². The number of nitrogens with zero attached hydrogens (tertiary/aromatic N) is 1. The molecule has 0 aliphatic rings. The maximum absolute atomic E-state index is 9.96. The van der Waals surface area contributed by atoms with Crippen LogP contribution in [0.3, 0.4) is 0 Å². The van der Waals surface area contributed by atoms with E-state index in [-0.39, 0.29) is 23.2 Å². The molecule has 0 amide bonds. The topological polar surface area (TPSA) is 20.2 Å². The van der Waals surface area contributed by atoms with Crippen LogP contribution in [0.2, 0.25) is 0 Å². The third-order valence-electron chi connectivity index (χ3n) is 5.26. The summed E-state index contributed by atoms with van der Waals surface area (Å²) in [5, 5.41) is 9.96. The zero-order valence-electron chi connectivity index (χ0n) is 17.2. The number of hydrogen-bond donors (Lipinski definition) is 1. The lowest BCUT2D eigenvalue weighted by Crippen LogP contribution is -3.00. The van der Waals surface area contributed by atoms with Crippen molar-refractivity contribution in [3.05, 3.63) is 0 Å². The van der Waals surface area contributed by atoms with Crippen molar-refractivity contribution in [3.8, 4) is 0 Å². The van der Waals surface area contributed by atoms with Crippen molar-refractivity contribution in [2.75, 3.05) is 20.6 Å². The Labute approximate surface area is 163 Å². The molecule has 0 spiro atoms. The van der Waals surface area contributed by atoms with E-state index in [2.05, 4.69) is 27.9 Å². The van der Waals surface area contributed by atoms with Gasteiger partial charge in [0.25, 0.3) is 0 Å². The second-order valence-electron chi connectivity index (χ2n) is 7.99. The molecule has 0 heterocycles. The molecule has 0 saturated carbocycles. The summed E-state index contributed by atoms with van der Waals surface area (Å²) in [6.07, 6.45) is 20.4. The summed E-state index contributed by atoms with van der Waals surface area (Å²) < 4.78 is 0.759. The highest BCUT2D eigenvalue weighted by Crippen LogP contribution is 2.14. The highest BCUT2D eigenvalue weighted by Gasteiger charge is 2.23. The lowest BCUT2D eigenvalue weighted by atomic mass is 10.0. The first kappa shape index (κ1) is 26.6. The number of aliphatic hydroxyl groups is 1. The molecule has 0 aliphatic carbocycles. The van der Waals surface area contributed by atoms with Crippen molar-refractivity contribution in [2.24, 2.45) is 0 Å². The Morgan fingerprint density at radius 1 is 0.625 bits per heavy atom. The Bertz CT molecular complexity index is 246. The van der Waals surface area contributed by atoms with Crippen molar-refractivity contribution >= 4 is 0 Å². The summed E-state index contributed by atoms with van der Waals surface area (Å²) in [7, 11) is 4.30. The Hall–Kier alpha value is 0.400. The molecule has 2 nitrogen and oxygen atoms in total. The molecule has 0 rings (SSSR count). The van der Waals surface area contributed by atoms with Crippen LogP contribution in [0.5, 0.6) is 0 Å².